The van der Waals surface area contributed by atoms with Gasteiger partial charge in [-0.05, 0) is 69.5 Å². The number of hydrogen-bond acceptors (Lipinski definition) is 11. The van der Waals surface area contributed by atoms with Crippen LogP contribution in [0.1, 0.15) is 63.2 Å². The van der Waals surface area contributed by atoms with Crippen LogP contribution in [0.15, 0.2) is 18.5 Å². The fourth-order valence-electron chi connectivity index (χ4n) is 8.73. The molecule has 8 rings (SSSR count). The molecule has 3 aromatic heterocycles. The van der Waals surface area contributed by atoms with Crippen molar-refractivity contribution in [2.45, 2.75) is 88.0 Å². The second kappa shape index (κ2) is 17.4. The summed E-state index contributed by atoms with van der Waals surface area (Å²) in [7, 11) is 0. The molecule has 4 aliphatic heterocycles. The number of pyridine rings is 1. The number of nitrogens with zero attached hydrogens (tertiary/aromatic N) is 7. The Balaban J connectivity index is 1.12. The fraction of sp³-hybridized carbons (Fsp3) is 0.615. The number of ether oxygens (including phenoxy) is 5. The Kier molecular flexibility index (Phi) is 12.3. The molecule has 1 aromatic carbocycles. The zero-order valence-electron chi connectivity index (χ0n) is 32.2. The number of rotatable bonds is 14. The van der Waals surface area contributed by atoms with Crippen molar-refractivity contribution in [3.63, 3.8) is 0 Å². The van der Waals surface area contributed by atoms with Crippen LogP contribution in [-0.2, 0) is 20.6 Å². The van der Waals surface area contributed by atoms with Gasteiger partial charge in [-0.3, -0.25) is 9.88 Å². The molecule has 0 bridgehead atoms. The lowest BCUT2D eigenvalue weighted by molar-refractivity contribution is -0.153. The van der Waals surface area contributed by atoms with E-state index < -0.39 is 48.3 Å². The summed E-state index contributed by atoms with van der Waals surface area (Å²) in [6.45, 7) is 1.09. The Bertz CT molecular complexity index is 2160. The van der Waals surface area contributed by atoms with Crippen LogP contribution in [0.25, 0.3) is 33.1 Å². The number of halogens is 6. The molecule has 0 spiro atoms. The first-order valence-electron chi connectivity index (χ1n) is 19.9. The molecule has 320 valence electrons. The van der Waals surface area contributed by atoms with Crippen LogP contribution in [0, 0.1) is 5.82 Å². The van der Waals surface area contributed by atoms with Crippen LogP contribution in [0.2, 0.25) is 5.02 Å². The Morgan fingerprint density at radius 1 is 1.05 bits per heavy atom. The van der Waals surface area contributed by atoms with E-state index in [1.807, 2.05) is 4.90 Å². The van der Waals surface area contributed by atoms with E-state index in [-0.39, 0.29) is 68.3 Å². The number of morpholine rings is 1. The largest absolute Gasteiger partial charge is 0.467 e. The molecule has 1 N–H and O–H groups in total. The second-order valence-electron chi connectivity index (χ2n) is 15.6. The van der Waals surface area contributed by atoms with E-state index in [0.29, 0.717) is 85.5 Å². The summed E-state index contributed by atoms with van der Waals surface area (Å²) in [5.41, 5.74) is 0.293. The molecule has 4 fully saturated rings. The SMILES string of the molecule is O=C(O)N1CCOC(COCCCCc2c(Cl)cc3c(cnn3C3CCCCO3)c2-c2ncc3c(OCC(F)(F)F)nc(OC[C@@]45CCCN4C[C@H](F)C5)nc3c2F)C1. The average molecular weight is 854 g/mol. The van der Waals surface area contributed by atoms with Gasteiger partial charge in [0.15, 0.2) is 18.7 Å². The summed E-state index contributed by atoms with van der Waals surface area (Å²) < 4.78 is 102. The lowest BCUT2D eigenvalue weighted by atomic mass is 9.95. The second-order valence-corrected chi connectivity index (χ2v) is 16.0. The third kappa shape index (κ3) is 8.99. The smallest absolute Gasteiger partial charge is 0.422 e. The minimum absolute atomic E-state index is 0.0448. The lowest BCUT2D eigenvalue weighted by Gasteiger charge is -2.30. The molecule has 0 radical (unpaired) electrons. The van der Waals surface area contributed by atoms with Gasteiger partial charge in [0.05, 0.1) is 48.5 Å². The highest BCUT2D eigenvalue weighted by atomic mass is 35.5. The summed E-state index contributed by atoms with van der Waals surface area (Å²) in [6, 6.07) is 1.35. The summed E-state index contributed by atoms with van der Waals surface area (Å²) in [4.78, 5) is 27.6. The van der Waals surface area contributed by atoms with Crippen molar-refractivity contribution in [1.82, 2.24) is 34.5 Å². The van der Waals surface area contributed by atoms with Crippen LogP contribution < -0.4 is 9.47 Å². The van der Waals surface area contributed by atoms with E-state index in [4.69, 9.17) is 35.3 Å². The van der Waals surface area contributed by atoms with Gasteiger partial charge in [0.2, 0.25) is 5.88 Å². The van der Waals surface area contributed by atoms with Gasteiger partial charge in [0.1, 0.15) is 24.0 Å². The predicted octanol–water partition coefficient (Wildman–Crippen LogP) is 7.15. The minimum Gasteiger partial charge on any atom is -0.467 e. The molecule has 0 aliphatic carbocycles. The van der Waals surface area contributed by atoms with Crippen molar-refractivity contribution in [3.8, 4) is 23.1 Å². The lowest BCUT2D eigenvalue weighted by Crippen LogP contribution is -2.46. The highest BCUT2D eigenvalue weighted by Crippen LogP contribution is 2.43. The minimum atomic E-state index is -4.73. The van der Waals surface area contributed by atoms with Gasteiger partial charge in [-0.15, -0.1) is 0 Å². The zero-order chi connectivity index (χ0) is 41.3. The molecule has 14 nitrogen and oxygen atoms in total. The number of carbonyl (C=O) groups is 1. The molecule has 4 aliphatic rings. The molecule has 4 saturated heterocycles. The van der Waals surface area contributed by atoms with Crippen molar-refractivity contribution in [2.75, 3.05) is 65.8 Å². The molecular weight excluding hydrogens is 809 g/mol. The van der Waals surface area contributed by atoms with Gasteiger partial charge in [-0.1, -0.05) is 11.6 Å². The van der Waals surface area contributed by atoms with Crippen LogP contribution in [0.4, 0.5) is 26.7 Å². The maximum Gasteiger partial charge on any atom is 0.422 e. The third-order valence-electron chi connectivity index (χ3n) is 11.5. The summed E-state index contributed by atoms with van der Waals surface area (Å²) in [5.74, 6) is -1.53. The number of hydrogen-bond donors (Lipinski definition) is 1. The Hall–Kier alpha value is -4.17. The first-order chi connectivity index (χ1) is 28.4. The summed E-state index contributed by atoms with van der Waals surface area (Å²) in [5, 5.41) is 14.6. The van der Waals surface area contributed by atoms with E-state index >= 15 is 4.39 Å². The number of fused-ring (bicyclic) bond motifs is 3. The first kappa shape index (κ1) is 41.6. The van der Waals surface area contributed by atoms with Gasteiger partial charge in [-0.2, -0.15) is 28.2 Å². The van der Waals surface area contributed by atoms with Crippen molar-refractivity contribution < 1.29 is 55.5 Å². The number of benzene rings is 1. The topological polar surface area (TPSA) is 146 Å². The molecule has 20 heteroatoms. The summed E-state index contributed by atoms with van der Waals surface area (Å²) >= 11 is 7.03. The molecule has 4 atom stereocenters. The number of aromatic nitrogens is 5. The zero-order valence-corrected chi connectivity index (χ0v) is 33.0. The van der Waals surface area contributed by atoms with Crippen molar-refractivity contribution in [2.24, 2.45) is 0 Å². The van der Waals surface area contributed by atoms with Crippen LogP contribution >= 0.6 is 11.6 Å². The van der Waals surface area contributed by atoms with Crippen LogP contribution in [0.3, 0.4) is 0 Å². The molecule has 0 saturated carbocycles. The standard InChI is InChI=1S/C39H45ClF5N7O7/c40-28-14-29-26(17-47-52(29)30-7-2-4-12-57-30)31(25(28)6-1-3-11-55-20-24-19-50(37(53)54)10-13-56-24)34-32(42)33-27(16-46-34)35(58-22-39(43,44)45)49-36(48-33)59-21-38-8-5-9-51(38)18-23(41)15-38/h14,16-17,23-24,30H,1-13,15,18-22H2,(H,53,54)/t23-,24?,30?,38+/m1/s1. The van der Waals surface area contributed by atoms with Gasteiger partial charge in [0.25, 0.3) is 0 Å². The van der Waals surface area contributed by atoms with E-state index in [1.54, 1.807) is 16.9 Å². The van der Waals surface area contributed by atoms with Gasteiger partial charge in [-0.25, -0.2) is 18.3 Å². The first-order valence-corrected chi connectivity index (χ1v) is 20.3. The van der Waals surface area contributed by atoms with Crippen LogP contribution in [0.5, 0.6) is 11.9 Å². The van der Waals surface area contributed by atoms with Crippen molar-refractivity contribution >= 4 is 39.5 Å². The molecule has 59 heavy (non-hydrogen) atoms. The fourth-order valence-corrected chi connectivity index (χ4v) is 9.02. The van der Waals surface area contributed by atoms with Crippen LogP contribution in [-0.4, -0.2) is 136 Å². The van der Waals surface area contributed by atoms with E-state index in [9.17, 15) is 27.5 Å². The quantitative estimate of drug-likeness (QED) is 0.102. The van der Waals surface area contributed by atoms with E-state index in [0.717, 1.165) is 19.3 Å². The van der Waals surface area contributed by atoms with Gasteiger partial charge in [0, 0.05) is 54.9 Å². The number of alkyl halides is 4. The Morgan fingerprint density at radius 3 is 2.71 bits per heavy atom. The van der Waals surface area contributed by atoms with Gasteiger partial charge >= 0.3 is 18.3 Å². The molecule has 7 heterocycles. The monoisotopic (exact) mass is 853 g/mol. The molecular formula is C39H45ClF5N7O7. The molecule has 2 unspecified atom stereocenters. The number of unbranched alkanes of at least 4 members (excludes halogenated alkanes) is 1. The maximum absolute atomic E-state index is 17.2. The average Bonchev–Trinajstić information content (AvgIpc) is 3.90. The highest BCUT2D eigenvalue weighted by Gasteiger charge is 2.49. The van der Waals surface area contributed by atoms with Crippen molar-refractivity contribution in [3.05, 3.63) is 34.9 Å². The Labute approximate surface area is 340 Å². The van der Waals surface area contributed by atoms with Crippen molar-refractivity contribution in [1.29, 1.82) is 0 Å². The molecule has 1 amide bonds. The highest BCUT2D eigenvalue weighted by molar-refractivity contribution is 6.33. The number of amides is 1. The maximum atomic E-state index is 17.2. The van der Waals surface area contributed by atoms with Gasteiger partial charge < -0.3 is 33.7 Å². The van der Waals surface area contributed by atoms with E-state index in [1.165, 1.54) is 11.1 Å². The summed E-state index contributed by atoms with van der Waals surface area (Å²) in [6.07, 6.45) is 0.945. The Morgan fingerprint density at radius 2 is 1.92 bits per heavy atom. The predicted molar refractivity (Wildman–Crippen MR) is 203 cm³/mol. The third-order valence-corrected chi connectivity index (χ3v) is 11.9. The van der Waals surface area contributed by atoms with E-state index in [2.05, 4.69) is 20.1 Å². The normalized spacial score (nSPS) is 24.0. The molecule has 4 aromatic rings. The number of carboxylic acid groups (broad SMARTS) is 1.